The zero-order chi connectivity index (χ0) is 13.0. The molecule has 1 heterocycles. The molecule has 0 aromatic heterocycles. The Morgan fingerprint density at radius 3 is 2.50 bits per heavy atom. The molecular formula is C13H19N3O2. The second-order valence-corrected chi connectivity index (χ2v) is 4.82. The minimum absolute atomic E-state index is 0.156. The monoisotopic (exact) mass is 249 g/mol. The maximum atomic E-state index is 10.6. The van der Waals surface area contributed by atoms with E-state index in [0.29, 0.717) is 6.04 Å². The first-order valence-electron chi connectivity index (χ1n) is 6.31. The predicted octanol–water partition coefficient (Wildman–Crippen LogP) is 1.78. The summed E-state index contributed by atoms with van der Waals surface area (Å²) in [5.41, 5.74) is 1.28. The van der Waals surface area contributed by atoms with Crippen LogP contribution in [-0.2, 0) is 6.54 Å². The molecule has 1 aromatic rings. The summed E-state index contributed by atoms with van der Waals surface area (Å²) in [5.74, 6) is 0. The molecule has 18 heavy (non-hydrogen) atoms. The van der Waals surface area contributed by atoms with Crippen LogP contribution < -0.4 is 5.32 Å². The molecule has 1 saturated heterocycles. The molecule has 0 radical (unpaired) electrons. The van der Waals surface area contributed by atoms with E-state index in [2.05, 4.69) is 17.3 Å². The molecule has 5 nitrogen and oxygen atoms in total. The molecule has 0 spiro atoms. The van der Waals surface area contributed by atoms with E-state index in [1.807, 2.05) is 12.1 Å². The van der Waals surface area contributed by atoms with Crippen LogP contribution in [0.5, 0.6) is 0 Å². The molecule has 1 N–H and O–H groups in total. The van der Waals surface area contributed by atoms with Crippen LogP contribution in [-0.4, -0.2) is 36.0 Å². The van der Waals surface area contributed by atoms with Crippen molar-refractivity contribution in [2.45, 2.75) is 25.4 Å². The van der Waals surface area contributed by atoms with Crippen molar-refractivity contribution in [3.63, 3.8) is 0 Å². The summed E-state index contributed by atoms with van der Waals surface area (Å²) in [4.78, 5) is 12.5. The lowest BCUT2D eigenvalue weighted by Crippen LogP contribution is -2.40. The largest absolute Gasteiger partial charge is 0.317 e. The van der Waals surface area contributed by atoms with Gasteiger partial charge in [-0.05, 0) is 38.5 Å². The van der Waals surface area contributed by atoms with Gasteiger partial charge in [-0.15, -0.1) is 0 Å². The summed E-state index contributed by atoms with van der Waals surface area (Å²) in [6.07, 6.45) is 2.34. The second-order valence-electron chi connectivity index (χ2n) is 4.82. The molecule has 0 unspecified atom stereocenters. The number of non-ortho nitro benzene ring substituents is 1. The van der Waals surface area contributed by atoms with E-state index in [9.17, 15) is 10.1 Å². The lowest BCUT2D eigenvalue weighted by atomic mass is 10.0. The molecule has 0 aliphatic carbocycles. The second kappa shape index (κ2) is 5.93. The highest BCUT2D eigenvalue weighted by Gasteiger charge is 2.17. The molecule has 1 aliphatic rings. The Kier molecular flexibility index (Phi) is 4.28. The fraction of sp³-hybridized carbons (Fsp3) is 0.538. The van der Waals surface area contributed by atoms with Crippen molar-refractivity contribution in [1.29, 1.82) is 0 Å². The van der Waals surface area contributed by atoms with Crippen LogP contribution in [0, 0.1) is 10.1 Å². The molecule has 2 rings (SSSR count). The summed E-state index contributed by atoms with van der Waals surface area (Å²) in [5, 5.41) is 13.9. The topological polar surface area (TPSA) is 58.4 Å². The SMILES string of the molecule is CN(Cc1ccc([N+](=O)[O-])cc1)C1CCNCC1. The van der Waals surface area contributed by atoms with Crippen molar-refractivity contribution in [3.8, 4) is 0 Å². The van der Waals surface area contributed by atoms with Gasteiger partial charge in [-0.1, -0.05) is 12.1 Å². The molecule has 5 heteroatoms. The third-order valence-corrected chi connectivity index (χ3v) is 3.51. The highest BCUT2D eigenvalue weighted by molar-refractivity contribution is 5.32. The molecule has 1 fully saturated rings. The molecule has 0 saturated carbocycles. The van der Waals surface area contributed by atoms with Crippen molar-refractivity contribution in [3.05, 3.63) is 39.9 Å². The molecule has 1 aliphatic heterocycles. The summed E-state index contributed by atoms with van der Waals surface area (Å²) < 4.78 is 0. The number of hydrogen-bond donors (Lipinski definition) is 1. The van der Waals surface area contributed by atoms with Gasteiger partial charge in [0.2, 0.25) is 0 Å². The van der Waals surface area contributed by atoms with Gasteiger partial charge in [0.25, 0.3) is 5.69 Å². The zero-order valence-electron chi connectivity index (χ0n) is 10.6. The summed E-state index contributed by atoms with van der Waals surface area (Å²) in [6.45, 7) is 3.01. The quantitative estimate of drug-likeness (QED) is 0.652. The minimum Gasteiger partial charge on any atom is -0.317 e. The Bertz CT molecular complexity index is 399. The van der Waals surface area contributed by atoms with Crippen LogP contribution in [0.15, 0.2) is 24.3 Å². The molecule has 1 aromatic carbocycles. The fourth-order valence-electron chi connectivity index (χ4n) is 2.39. The van der Waals surface area contributed by atoms with Gasteiger partial charge in [0, 0.05) is 24.7 Å². The van der Waals surface area contributed by atoms with Gasteiger partial charge in [0.1, 0.15) is 0 Å². The van der Waals surface area contributed by atoms with Gasteiger partial charge in [0.05, 0.1) is 4.92 Å². The smallest absolute Gasteiger partial charge is 0.269 e. The number of nitro groups is 1. The fourth-order valence-corrected chi connectivity index (χ4v) is 2.39. The number of piperidine rings is 1. The number of benzene rings is 1. The van der Waals surface area contributed by atoms with Crippen molar-refractivity contribution in [2.75, 3.05) is 20.1 Å². The van der Waals surface area contributed by atoms with E-state index in [4.69, 9.17) is 0 Å². The predicted molar refractivity (Wildman–Crippen MR) is 70.5 cm³/mol. The Morgan fingerprint density at radius 1 is 1.33 bits per heavy atom. The van der Waals surface area contributed by atoms with Crippen LogP contribution >= 0.6 is 0 Å². The van der Waals surface area contributed by atoms with Gasteiger partial charge < -0.3 is 5.32 Å². The third kappa shape index (κ3) is 3.27. The first-order chi connectivity index (χ1) is 8.66. The van der Waals surface area contributed by atoms with Crippen molar-refractivity contribution < 1.29 is 4.92 Å². The number of nitrogens with one attached hydrogen (secondary N) is 1. The highest BCUT2D eigenvalue weighted by Crippen LogP contribution is 2.16. The number of rotatable bonds is 4. The van der Waals surface area contributed by atoms with E-state index < -0.39 is 0 Å². The van der Waals surface area contributed by atoms with Crippen molar-refractivity contribution in [2.24, 2.45) is 0 Å². The third-order valence-electron chi connectivity index (χ3n) is 3.51. The standard InChI is InChI=1S/C13H19N3O2/c1-15(12-6-8-14-9-7-12)10-11-2-4-13(5-3-11)16(17)18/h2-5,12,14H,6-10H2,1H3. The molecule has 0 bridgehead atoms. The molecule has 98 valence electrons. The summed E-state index contributed by atoms with van der Waals surface area (Å²) in [7, 11) is 2.12. The normalized spacial score (nSPS) is 17.0. The van der Waals surface area contributed by atoms with Gasteiger partial charge in [-0.25, -0.2) is 0 Å². The maximum absolute atomic E-state index is 10.6. The Morgan fingerprint density at radius 2 is 1.94 bits per heavy atom. The van der Waals surface area contributed by atoms with Crippen LogP contribution in [0.2, 0.25) is 0 Å². The summed E-state index contributed by atoms with van der Waals surface area (Å²) >= 11 is 0. The Hall–Kier alpha value is -1.46. The zero-order valence-corrected chi connectivity index (χ0v) is 10.6. The van der Waals surface area contributed by atoms with Crippen molar-refractivity contribution in [1.82, 2.24) is 10.2 Å². The van der Waals surface area contributed by atoms with Gasteiger partial charge in [-0.2, -0.15) is 0 Å². The van der Waals surface area contributed by atoms with Crippen LogP contribution in [0.3, 0.4) is 0 Å². The summed E-state index contributed by atoms with van der Waals surface area (Å²) in [6, 6.07) is 7.45. The maximum Gasteiger partial charge on any atom is 0.269 e. The lowest BCUT2D eigenvalue weighted by Gasteiger charge is -2.31. The van der Waals surface area contributed by atoms with E-state index in [1.165, 1.54) is 12.8 Å². The Balaban J connectivity index is 1.93. The first-order valence-corrected chi connectivity index (χ1v) is 6.31. The average molecular weight is 249 g/mol. The molecular weight excluding hydrogens is 230 g/mol. The van der Waals surface area contributed by atoms with Crippen LogP contribution in [0.4, 0.5) is 5.69 Å². The highest BCUT2D eigenvalue weighted by atomic mass is 16.6. The Labute approximate surface area is 107 Å². The number of nitrogens with zero attached hydrogens (tertiary/aromatic N) is 2. The average Bonchev–Trinajstić information content (AvgIpc) is 2.40. The molecule has 0 atom stereocenters. The minimum atomic E-state index is -0.361. The van der Waals surface area contributed by atoms with E-state index >= 15 is 0 Å². The van der Waals surface area contributed by atoms with Gasteiger partial charge in [-0.3, -0.25) is 15.0 Å². The number of nitro benzene ring substituents is 1. The molecule has 0 amide bonds. The van der Waals surface area contributed by atoms with Crippen LogP contribution in [0.25, 0.3) is 0 Å². The van der Waals surface area contributed by atoms with Gasteiger partial charge in [0.15, 0.2) is 0 Å². The van der Waals surface area contributed by atoms with E-state index in [-0.39, 0.29) is 10.6 Å². The number of hydrogen-bond acceptors (Lipinski definition) is 4. The van der Waals surface area contributed by atoms with Crippen molar-refractivity contribution >= 4 is 5.69 Å². The van der Waals surface area contributed by atoms with E-state index in [1.54, 1.807) is 12.1 Å². The lowest BCUT2D eigenvalue weighted by molar-refractivity contribution is -0.384. The van der Waals surface area contributed by atoms with Gasteiger partial charge >= 0.3 is 0 Å². The van der Waals surface area contributed by atoms with E-state index in [0.717, 1.165) is 25.2 Å². The first kappa shape index (κ1) is 13.0. The van der Waals surface area contributed by atoms with Crippen LogP contribution in [0.1, 0.15) is 18.4 Å².